The minimum atomic E-state index is -0.857. The molecule has 102 valence electrons. The maximum Gasteiger partial charge on any atom is 0.303 e. The van der Waals surface area contributed by atoms with Gasteiger partial charge in [0.2, 0.25) is 0 Å². The Balaban J connectivity index is 2.00. The van der Waals surface area contributed by atoms with Crippen LogP contribution in [-0.4, -0.2) is 47.2 Å². The Labute approximate surface area is 110 Å². The number of amides is 1. The zero-order valence-electron chi connectivity index (χ0n) is 10.5. The summed E-state index contributed by atoms with van der Waals surface area (Å²) in [4.78, 5) is 24.1. The Morgan fingerprint density at radius 1 is 1.42 bits per heavy atom. The quantitative estimate of drug-likeness (QED) is 0.846. The Bertz CT molecular complexity index is 508. The smallest absolute Gasteiger partial charge is 0.303 e. The number of aromatic hydroxyl groups is 1. The van der Waals surface area contributed by atoms with Gasteiger partial charge in [0, 0.05) is 25.1 Å². The molecule has 6 nitrogen and oxygen atoms in total. The van der Waals surface area contributed by atoms with Crippen molar-refractivity contribution in [2.45, 2.75) is 6.42 Å². The highest BCUT2D eigenvalue weighted by Gasteiger charge is 2.33. The van der Waals surface area contributed by atoms with Crippen LogP contribution in [0.25, 0.3) is 0 Å². The number of carboxylic acids is 1. The van der Waals surface area contributed by atoms with Gasteiger partial charge >= 0.3 is 5.97 Å². The molecule has 1 aromatic rings. The molecule has 1 aliphatic rings. The summed E-state index contributed by atoms with van der Waals surface area (Å²) < 4.78 is 4.94. The van der Waals surface area contributed by atoms with E-state index in [-0.39, 0.29) is 29.6 Å². The van der Waals surface area contributed by atoms with E-state index in [4.69, 9.17) is 9.84 Å². The normalized spacial score (nSPS) is 14.9. The molecule has 0 unspecified atom stereocenters. The van der Waals surface area contributed by atoms with Crippen molar-refractivity contribution in [2.75, 3.05) is 20.2 Å². The summed E-state index contributed by atoms with van der Waals surface area (Å²) in [7, 11) is 1.47. The Hall–Kier alpha value is -2.24. The van der Waals surface area contributed by atoms with E-state index in [0.29, 0.717) is 18.8 Å². The number of phenolic OH excluding ortho intramolecular Hbond substituents is 1. The van der Waals surface area contributed by atoms with Crippen molar-refractivity contribution in [1.82, 2.24) is 4.90 Å². The van der Waals surface area contributed by atoms with Gasteiger partial charge in [0.05, 0.1) is 19.1 Å². The first-order chi connectivity index (χ1) is 9.01. The number of likely N-dealkylation sites (tertiary alicyclic amines) is 1. The van der Waals surface area contributed by atoms with E-state index < -0.39 is 5.97 Å². The number of nitrogens with zero attached hydrogens (tertiary/aromatic N) is 1. The molecular formula is C13H15NO5. The van der Waals surface area contributed by atoms with E-state index in [9.17, 15) is 14.7 Å². The molecule has 2 N–H and O–H groups in total. The van der Waals surface area contributed by atoms with Crippen LogP contribution in [0.1, 0.15) is 16.8 Å². The monoisotopic (exact) mass is 265 g/mol. The highest BCUT2D eigenvalue weighted by Crippen LogP contribution is 2.28. The summed E-state index contributed by atoms with van der Waals surface area (Å²) in [5.74, 6) is -0.805. The second-order valence-corrected chi connectivity index (χ2v) is 4.56. The maximum absolute atomic E-state index is 12.1. The summed E-state index contributed by atoms with van der Waals surface area (Å²) in [6, 6.07) is 4.48. The van der Waals surface area contributed by atoms with Gasteiger partial charge in [-0.25, -0.2) is 0 Å². The van der Waals surface area contributed by atoms with E-state index in [2.05, 4.69) is 0 Å². The van der Waals surface area contributed by atoms with E-state index in [1.165, 1.54) is 24.1 Å². The summed E-state index contributed by atoms with van der Waals surface area (Å²) in [6.45, 7) is 0.827. The lowest BCUT2D eigenvalue weighted by Crippen LogP contribution is -2.50. The first-order valence-electron chi connectivity index (χ1n) is 5.89. The largest absolute Gasteiger partial charge is 0.507 e. The van der Waals surface area contributed by atoms with Gasteiger partial charge in [-0.15, -0.1) is 0 Å². The van der Waals surface area contributed by atoms with Crippen LogP contribution in [-0.2, 0) is 4.79 Å². The molecule has 0 aliphatic carbocycles. The van der Waals surface area contributed by atoms with Gasteiger partial charge in [0.25, 0.3) is 5.91 Å². The second kappa shape index (κ2) is 5.17. The molecule has 19 heavy (non-hydrogen) atoms. The number of benzene rings is 1. The molecule has 6 heteroatoms. The number of methoxy groups -OCH3 is 1. The third-order valence-electron chi connectivity index (χ3n) is 3.14. The molecule has 0 atom stereocenters. The molecular weight excluding hydrogens is 250 g/mol. The Morgan fingerprint density at radius 3 is 2.63 bits per heavy atom. The number of carbonyl (C=O) groups excluding carboxylic acids is 1. The summed E-state index contributed by atoms with van der Waals surface area (Å²) in [5, 5.41) is 18.4. The predicted molar refractivity (Wildman–Crippen MR) is 66.3 cm³/mol. The first-order valence-corrected chi connectivity index (χ1v) is 5.89. The fourth-order valence-electron chi connectivity index (χ4n) is 2.10. The minimum Gasteiger partial charge on any atom is -0.507 e. The van der Waals surface area contributed by atoms with Gasteiger partial charge in [-0.05, 0) is 12.1 Å². The molecule has 0 aromatic heterocycles. The van der Waals surface area contributed by atoms with Crippen molar-refractivity contribution in [3.05, 3.63) is 23.8 Å². The van der Waals surface area contributed by atoms with E-state index in [1.807, 2.05) is 0 Å². The van der Waals surface area contributed by atoms with Crippen LogP contribution >= 0.6 is 0 Å². The van der Waals surface area contributed by atoms with E-state index in [0.717, 1.165) is 0 Å². The van der Waals surface area contributed by atoms with Gasteiger partial charge in [0.15, 0.2) is 0 Å². The molecule has 1 heterocycles. The first kappa shape index (κ1) is 13.2. The number of hydrogen-bond donors (Lipinski definition) is 2. The number of rotatable bonds is 4. The van der Waals surface area contributed by atoms with Crippen LogP contribution in [0.4, 0.5) is 0 Å². The van der Waals surface area contributed by atoms with Crippen molar-refractivity contribution in [3.8, 4) is 11.5 Å². The highest BCUT2D eigenvalue weighted by molar-refractivity contribution is 5.97. The average molecular weight is 265 g/mol. The van der Waals surface area contributed by atoms with Crippen LogP contribution < -0.4 is 4.74 Å². The van der Waals surface area contributed by atoms with Gasteiger partial charge in [-0.3, -0.25) is 9.59 Å². The molecule has 1 aliphatic heterocycles. The van der Waals surface area contributed by atoms with Crippen molar-refractivity contribution in [2.24, 2.45) is 5.92 Å². The highest BCUT2D eigenvalue weighted by atomic mass is 16.5. The molecule has 2 rings (SSSR count). The number of aliphatic carboxylic acids is 1. The summed E-state index contributed by atoms with van der Waals surface area (Å²) >= 11 is 0. The summed E-state index contributed by atoms with van der Waals surface area (Å²) in [6.07, 6.45) is 0.0678. The zero-order chi connectivity index (χ0) is 14.0. The van der Waals surface area contributed by atoms with E-state index >= 15 is 0 Å². The molecule has 0 radical (unpaired) electrons. The van der Waals surface area contributed by atoms with Crippen molar-refractivity contribution in [3.63, 3.8) is 0 Å². The van der Waals surface area contributed by atoms with Crippen LogP contribution in [0.2, 0.25) is 0 Å². The number of ether oxygens (including phenoxy) is 1. The second-order valence-electron chi connectivity index (χ2n) is 4.56. The third kappa shape index (κ3) is 2.78. The van der Waals surface area contributed by atoms with Gasteiger partial charge in [-0.1, -0.05) is 0 Å². The average Bonchev–Trinajstić information content (AvgIpc) is 2.32. The number of carbonyl (C=O) groups is 2. The molecule has 0 saturated carbocycles. The topological polar surface area (TPSA) is 87.1 Å². The fraction of sp³-hybridized carbons (Fsp3) is 0.385. The maximum atomic E-state index is 12.1. The number of hydrogen-bond acceptors (Lipinski definition) is 4. The standard InChI is InChI=1S/C13H15NO5/c1-19-9-2-3-10(11(15)5-9)13(18)14-6-8(7-14)4-12(16)17/h2-3,5,8,15H,4,6-7H2,1H3,(H,16,17). The minimum absolute atomic E-state index is 0.00170. The van der Waals surface area contributed by atoms with Crippen LogP contribution in [0.15, 0.2) is 18.2 Å². The fourth-order valence-corrected chi connectivity index (χ4v) is 2.10. The molecule has 0 bridgehead atoms. The third-order valence-corrected chi connectivity index (χ3v) is 3.14. The van der Waals surface area contributed by atoms with Crippen molar-refractivity contribution < 1.29 is 24.5 Å². The van der Waals surface area contributed by atoms with E-state index in [1.54, 1.807) is 6.07 Å². The SMILES string of the molecule is COc1ccc(C(=O)N2CC(CC(=O)O)C2)c(O)c1. The molecule has 1 aromatic carbocycles. The molecule has 0 spiro atoms. The van der Waals surface area contributed by atoms with Gasteiger partial charge in [-0.2, -0.15) is 0 Å². The van der Waals surface area contributed by atoms with Crippen LogP contribution in [0, 0.1) is 5.92 Å². The van der Waals surface area contributed by atoms with Gasteiger partial charge in [0.1, 0.15) is 11.5 Å². The van der Waals surface area contributed by atoms with Gasteiger partial charge < -0.3 is 19.8 Å². The zero-order valence-corrected chi connectivity index (χ0v) is 10.5. The van der Waals surface area contributed by atoms with Crippen LogP contribution in [0.3, 0.4) is 0 Å². The predicted octanol–water partition coefficient (Wildman–Crippen LogP) is 0.948. The number of phenols is 1. The lowest BCUT2D eigenvalue weighted by molar-refractivity contribution is -0.139. The lowest BCUT2D eigenvalue weighted by Gasteiger charge is -2.38. The van der Waals surface area contributed by atoms with Crippen molar-refractivity contribution in [1.29, 1.82) is 0 Å². The Kier molecular flexibility index (Phi) is 3.59. The summed E-state index contributed by atoms with van der Waals surface area (Å²) in [5.41, 5.74) is 0.203. The van der Waals surface area contributed by atoms with Crippen molar-refractivity contribution >= 4 is 11.9 Å². The van der Waals surface area contributed by atoms with Crippen LogP contribution in [0.5, 0.6) is 11.5 Å². The Morgan fingerprint density at radius 2 is 2.11 bits per heavy atom. The number of carboxylic acid groups (broad SMARTS) is 1. The molecule has 1 amide bonds. The lowest BCUT2D eigenvalue weighted by atomic mass is 9.95. The molecule has 1 fully saturated rings. The molecule has 1 saturated heterocycles.